The van der Waals surface area contributed by atoms with E-state index in [0.717, 1.165) is 24.3 Å². The van der Waals surface area contributed by atoms with E-state index < -0.39 is 25.8 Å². The Kier molecular flexibility index (Phi) is 3.14. The summed E-state index contributed by atoms with van der Waals surface area (Å²) < 4.78 is 43.9. The Morgan fingerprint density at radius 2 is 1.40 bits per heavy atom. The highest BCUT2D eigenvalue weighted by atomic mass is 32.2. The first-order valence-corrected chi connectivity index (χ1v) is 6.94. The lowest BCUT2D eigenvalue weighted by molar-refractivity contribution is 0.358. The van der Waals surface area contributed by atoms with Gasteiger partial charge in [-0.05, 0) is 24.3 Å². The van der Waals surface area contributed by atoms with Crippen LogP contribution < -0.4 is 5.14 Å². The van der Waals surface area contributed by atoms with Gasteiger partial charge in [-0.1, -0.05) is 0 Å². The molecule has 0 aliphatic heterocycles. The number of rotatable bonds is 3. The van der Waals surface area contributed by atoms with Crippen molar-refractivity contribution in [2.45, 2.75) is 9.79 Å². The molecule has 0 saturated carbocycles. The van der Waals surface area contributed by atoms with E-state index in [2.05, 4.69) is 0 Å². The van der Waals surface area contributed by atoms with Crippen molar-refractivity contribution in [3.05, 3.63) is 24.3 Å². The van der Waals surface area contributed by atoms with Crippen LogP contribution in [0.15, 0.2) is 34.1 Å². The summed E-state index contributed by atoms with van der Waals surface area (Å²) in [7, 11) is -7.57. The smallest absolute Gasteiger partial charge is 0.238 e. The van der Waals surface area contributed by atoms with Crippen LogP contribution in [0.3, 0.4) is 0 Å². The lowest BCUT2D eigenvalue weighted by Gasteiger charge is -2.01. The van der Waals surface area contributed by atoms with E-state index in [-0.39, 0.29) is 9.79 Å². The van der Waals surface area contributed by atoms with Crippen molar-refractivity contribution in [3.8, 4) is 0 Å². The van der Waals surface area contributed by atoms with E-state index in [1.165, 1.54) is 0 Å². The van der Waals surface area contributed by atoms with E-state index in [1.807, 2.05) is 0 Å². The number of primary sulfonamides is 1. The van der Waals surface area contributed by atoms with Crippen LogP contribution in [0.1, 0.15) is 0 Å². The van der Waals surface area contributed by atoms with Gasteiger partial charge < -0.3 is 5.11 Å². The molecule has 0 atom stereocenters. The summed E-state index contributed by atoms with van der Waals surface area (Å²) in [6, 6.07) is 4.28. The molecule has 3 N–H and O–H groups in total. The zero-order valence-corrected chi connectivity index (χ0v) is 9.12. The molecule has 15 heavy (non-hydrogen) atoms. The van der Waals surface area contributed by atoms with Gasteiger partial charge >= 0.3 is 0 Å². The number of hydrogen-bond acceptors (Lipinski definition) is 5. The summed E-state index contributed by atoms with van der Waals surface area (Å²) in [6.45, 7) is 0. The van der Waals surface area contributed by atoms with Gasteiger partial charge in [-0.3, -0.25) is 0 Å². The summed E-state index contributed by atoms with van der Waals surface area (Å²) >= 11 is 0. The average molecular weight is 251 g/mol. The Hall–Kier alpha value is -0.960. The maximum absolute atomic E-state index is 11.1. The number of hydrogen-bond donors (Lipinski definition) is 2. The molecule has 0 aliphatic rings. The van der Waals surface area contributed by atoms with Gasteiger partial charge in [0.25, 0.3) is 0 Å². The molecule has 0 aromatic heterocycles. The van der Waals surface area contributed by atoms with Crippen LogP contribution in [0, 0.1) is 0 Å². The minimum Gasteiger partial charge on any atom is -0.380 e. The molecular weight excluding hydrogens is 242 g/mol. The van der Waals surface area contributed by atoms with Crippen molar-refractivity contribution in [3.63, 3.8) is 0 Å². The number of aliphatic hydroxyl groups excluding tert-OH is 1. The second kappa shape index (κ2) is 3.89. The lowest BCUT2D eigenvalue weighted by atomic mass is 10.4. The van der Waals surface area contributed by atoms with Crippen LogP contribution >= 0.6 is 0 Å². The molecule has 0 unspecified atom stereocenters. The summed E-state index contributed by atoms with van der Waals surface area (Å²) in [5.41, 5.74) is 0. The highest BCUT2D eigenvalue weighted by molar-refractivity contribution is 7.91. The number of nitrogens with two attached hydrogens (primary N) is 1. The van der Waals surface area contributed by atoms with Crippen molar-refractivity contribution in [1.29, 1.82) is 0 Å². The third kappa shape index (κ3) is 2.75. The molecule has 1 aromatic carbocycles. The molecule has 0 heterocycles. The summed E-state index contributed by atoms with van der Waals surface area (Å²) in [4.78, 5) is -0.336. The van der Waals surface area contributed by atoms with Crippen molar-refractivity contribution in [1.82, 2.24) is 0 Å². The van der Waals surface area contributed by atoms with Crippen molar-refractivity contribution in [2.24, 2.45) is 5.14 Å². The fraction of sp³-hybridized carbons (Fsp3) is 0.143. The van der Waals surface area contributed by atoms with Crippen LogP contribution in [-0.4, -0.2) is 27.9 Å². The molecule has 0 aliphatic carbocycles. The molecule has 6 nitrogen and oxygen atoms in total. The molecule has 8 heteroatoms. The molecular formula is C7H9NO5S2. The molecule has 84 valence electrons. The molecule has 0 radical (unpaired) electrons. The highest BCUT2D eigenvalue weighted by Gasteiger charge is 2.14. The van der Waals surface area contributed by atoms with Crippen molar-refractivity contribution >= 4 is 19.9 Å². The SMILES string of the molecule is NS(=O)(=O)c1ccc(S(=O)(=O)CO)cc1. The zero-order chi connectivity index (χ0) is 11.7. The first-order valence-electron chi connectivity index (χ1n) is 3.74. The minimum absolute atomic E-state index is 0.155. The Bertz CT molecular complexity index is 544. The van der Waals surface area contributed by atoms with Gasteiger partial charge in [0.2, 0.25) is 19.9 Å². The Morgan fingerprint density at radius 1 is 1.00 bits per heavy atom. The van der Waals surface area contributed by atoms with Gasteiger partial charge in [-0.2, -0.15) is 0 Å². The zero-order valence-electron chi connectivity index (χ0n) is 7.49. The normalized spacial score (nSPS) is 12.7. The molecule has 0 fully saturated rings. The predicted octanol–water partition coefficient (Wildman–Crippen LogP) is -0.942. The highest BCUT2D eigenvalue weighted by Crippen LogP contribution is 2.13. The topological polar surface area (TPSA) is 115 Å². The van der Waals surface area contributed by atoms with Crippen LogP contribution in [0.5, 0.6) is 0 Å². The maximum Gasteiger partial charge on any atom is 0.238 e. The Labute approximate surface area is 87.3 Å². The van der Waals surface area contributed by atoms with Gasteiger partial charge in [0.05, 0.1) is 9.79 Å². The second-order valence-corrected chi connectivity index (χ2v) is 6.28. The van der Waals surface area contributed by atoms with Crippen LogP contribution in [0.25, 0.3) is 0 Å². The quantitative estimate of drug-likeness (QED) is 0.719. The van der Waals surface area contributed by atoms with E-state index in [1.54, 1.807) is 0 Å². The number of benzene rings is 1. The van der Waals surface area contributed by atoms with E-state index in [0.29, 0.717) is 0 Å². The van der Waals surface area contributed by atoms with Gasteiger partial charge in [0.1, 0.15) is 5.94 Å². The van der Waals surface area contributed by atoms with Gasteiger partial charge in [0.15, 0.2) is 0 Å². The maximum atomic E-state index is 11.1. The van der Waals surface area contributed by atoms with Crippen molar-refractivity contribution in [2.75, 3.05) is 5.94 Å². The number of sulfone groups is 1. The molecule has 0 spiro atoms. The lowest BCUT2D eigenvalue weighted by Crippen LogP contribution is -2.12. The fourth-order valence-electron chi connectivity index (χ4n) is 0.911. The van der Waals surface area contributed by atoms with Crippen LogP contribution in [-0.2, 0) is 19.9 Å². The third-order valence-electron chi connectivity index (χ3n) is 1.68. The molecule has 0 amide bonds. The molecule has 0 bridgehead atoms. The van der Waals surface area contributed by atoms with E-state index in [9.17, 15) is 16.8 Å². The summed E-state index contributed by atoms with van der Waals surface area (Å²) in [6.07, 6.45) is 0. The molecule has 1 aromatic rings. The number of aliphatic hydroxyl groups is 1. The van der Waals surface area contributed by atoms with Crippen LogP contribution in [0.2, 0.25) is 0 Å². The minimum atomic E-state index is -3.83. The summed E-state index contributed by atoms with van der Waals surface area (Å²) in [5.74, 6) is -1.03. The van der Waals surface area contributed by atoms with E-state index in [4.69, 9.17) is 10.2 Å². The Balaban J connectivity index is 3.24. The van der Waals surface area contributed by atoms with Crippen LogP contribution in [0.4, 0.5) is 0 Å². The van der Waals surface area contributed by atoms with Gasteiger partial charge in [-0.15, -0.1) is 0 Å². The van der Waals surface area contributed by atoms with E-state index >= 15 is 0 Å². The molecule has 1 rings (SSSR count). The number of sulfonamides is 1. The van der Waals surface area contributed by atoms with Gasteiger partial charge in [-0.25, -0.2) is 22.0 Å². The fourth-order valence-corrected chi connectivity index (χ4v) is 2.13. The first kappa shape index (κ1) is 12.1. The predicted molar refractivity (Wildman–Crippen MR) is 52.1 cm³/mol. The van der Waals surface area contributed by atoms with Gasteiger partial charge in [0, 0.05) is 0 Å². The standard InChI is InChI=1S/C7H9NO5S2/c8-15(12,13)7-3-1-6(2-4-7)14(10,11)5-9/h1-4,9H,5H2,(H2,8,12,13). The first-order chi connectivity index (χ1) is 6.77. The summed E-state index contributed by atoms with van der Waals surface area (Å²) in [5, 5.41) is 13.4. The largest absolute Gasteiger partial charge is 0.380 e. The average Bonchev–Trinajstić information content (AvgIpc) is 2.17. The Morgan fingerprint density at radius 3 is 1.73 bits per heavy atom. The third-order valence-corrected chi connectivity index (χ3v) is 3.94. The second-order valence-electron chi connectivity index (χ2n) is 2.76. The monoisotopic (exact) mass is 251 g/mol. The molecule has 0 saturated heterocycles. The van der Waals surface area contributed by atoms with Crippen molar-refractivity contribution < 1.29 is 21.9 Å².